The minimum absolute atomic E-state index is 0.00130. The Hall–Kier alpha value is -1.07. The number of nitrogens with one attached hydrogen (secondary N) is 1. The van der Waals surface area contributed by atoms with Crippen molar-refractivity contribution in [1.82, 2.24) is 5.32 Å². The van der Waals surface area contributed by atoms with E-state index in [1.54, 1.807) is 0 Å². The molecule has 0 saturated heterocycles. The molecule has 0 spiro atoms. The SMILES string of the molecule is O=C(NCC1(CO)CCCCC1)c1cc(S)ccc1F. The van der Waals surface area contributed by atoms with E-state index in [0.29, 0.717) is 11.4 Å². The van der Waals surface area contributed by atoms with Crippen LogP contribution < -0.4 is 5.32 Å². The van der Waals surface area contributed by atoms with Gasteiger partial charge in [-0.15, -0.1) is 12.6 Å². The zero-order chi connectivity index (χ0) is 14.6. The van der Waals surface area contributed by atoms with Crippen molar-refractivity contribution in [2.24, 2.45) is 5.41 Å². The second-order valence-electron chi connectivity index (χ2n) is 5.57. The van der Waals surface area contributed by atoms with Crippen LogP contribution in [0.1, 0.15) is 42.5 Å². The van der Waals surface area contributed by atoms with Crippen molar-refractivity contribution in [2.75, 3.05) is 13.2 Å². The van der Waals surface area contributed by atoms with Gasteiger partial charge in [-0.25, -0.2) is 4.39 Å². The molecule has 1 saturated carbocycles. The van der Waals surface area contributed by atoms with Crippen LogP contribution in [0.5, 0.6) is 0 Å². The number of carbonyl (C=O) groups excluding carboxylic acids is 1. The average molecular weight is 297 g/mol. The van der Waals surface area contributed by atoms with Crippen LogP contribution in [0.2, 0.25) is 0 Å². The van der Waals surface area contributed by atoms with E-state index in [0.717, 1.165) is 25.7 Å². The van der Waals surface area contributed by atoms with Crippen molar-refractivity contribution in [3.63, 3.8) is 0 Å². The van der Waals surface area contributed by atoms with Gasteiger partial charge in [0.1, 0.15) is 5.82 Å². The molecule has 1 aromatic carbocycles. The molecule has 3 nitrogen and oxygen atoms in total. The predicted octanol–water partition coefficient (Wildman–Crippen LogP) is 2.79. The normalized spacial score (nSPS) is 17.8. The maximum Gasteiger partial charge on any atom is 0.254 e. The lowest BCUT2D eigenvalue weighted by molar-refractivity contribution is 0.0716. The van der Waals surface area contributed by atoms with E-state index in [2.05, 4.69) is 17.9 Å². The molecule has 0 heterocycles. The van der Waals surface area contributed by atoms with Gasteiger partial charge >= 0.3 is 0 Å². The number of carbonyl (C=O) groups is 1. The first-order chi connectivity index (χ1) is 9.56. The first kappa shape index (κ1) is 15.3. The number of hydrogen-bond acceptors (Lipinski definition) is 3. The Labute approximate surface area is 124 Å². The van der Waals surface area contributed by atoms with Gasteiger partial charge in [0, 0.05) is 16.9 Å². The van der Waals surface area contributed by atoms with Crippen LogP contribution in [0, 0.1) is 11.2 Å². The van der Waals surface area contributed by atoms with Crippen molar-refractivity contribution in [3.8, 4) is 0 Å². The lowest BCUT2D eigenvalue weighted by atomic mass is 9.74. The van der Waals surface area contributed by atoms with Crippen LogP contribution in [0.3, 0.4) is 0 Å². The Morgan fingerprint density at radius 3 is 2.70 bits per heavy atom. The third-order valence-electron chi connectivity index (χ3n) is 4.07. The highest BCUT2D eigenvalue weighted by Crippen LogP contribution is 2.35. The van der Waals surface area contributed by atoms with Crippen LogP contribution >= 0.6 is 12.6 Å². The number of amides is 1. The zero-order valence-corrected chi connectivity index (χ0v) is 12.3. The van der Waals surface area contributed by atoms with Gasteiger partial charge in [0.15, 0.2) is 0 Å². The minimum Gasteiger partial charge on any atom is -0.396 e. The number of rotatable bonds is 4. The molecule has 0 aliphatic heterocycles. The maximum absolute atomic E-state index is 13.6. The van der Waals surface area contributed by atoms with Crippen LogP contribution in [0.15, 0.2) is 23.1 Å². The molecule has 20 heavy (non-hydrogen) atoms. The Bertz CT molecular complexity index is 487. The van der Waals surface area contributed by atoms with Gasteiger partial charge in [-0.3, -0.25) is 4.79 Å². The fraction of sp³-hybridized carbons (Fsp3) is 0.533. The standard InChI is InChI=1S/C15H20FNO2S/c16-13-5-4-11(20)8-12(13)14(19)17-9-15(10-18)6-2-1-3-7-15/h4-5,8,18,20H,1-3,6-7,9-10H2,(H,17,19). The largest absolute Gasteiger partial charge is 0.396 e. The highest BCUT2D eigenvalue weighted by molar-refractivity contribution is 7.80. The number of aliphatic hydroxyl groups is 1. The van der Waals surface area contributed by atoms with E-state index in [1.807, 2.05) is 0 Å². The minimum atomic E-state index is -0.554. The van der Waals surface area contributed by atoms with Crippen molar-refractivity contribution in [3.05, 3.63) is 29.6 Å². The summed E-state index contributed by atoms with van der Waals surface area (Å²) in [5.74, 6) is -1.00. The van der Waals surface area contributed by atoms with E-state index in [4.69, 9.17) is 0 Å². The summed E-state index contributed by atoms with van der Waals surface area (Å²) < 4.78 is 13.6. The first-order valence-electron chi connectivity index (χ1n) is 6.94. The summed E-state index contributed by atoms with van der Waals surface area (Å²) in [6.07, 6.45) is 5.11. The van der Waals surface area contributed by atoms with Gasteiger partial charge < -0.3 is 10.4 Å². The molecule has 0 radical (unpaired) electrons. The van der Waals surface area contributed by atoms with Gasteiger partial charge in [0.2, 0.25) is 0 Å². The molecule has 0 bridgehead atoms. The lowest BCUT2D eigenvalue weighted by Gasteiger charge is -2.35. The van der Waals surface area contributed by atoms with Crippen LogP contribution in [0.4, 0.5) is 4.39 Å². The molecule has 110 valence electrons. The number of thiol groups is 1. The van der Waals surface area contributed by atoms with Crippen LogP contribution in [-0.4, -0.2) is 24.2 Å². The summed E-state index contributed by atoms with van der Waals surface area (Å²) in [4.78, 5) is 12.6. The summed E-state index contributed by atoms with van der Waals surface area (Å²) in [6.45, 7) is 0.445. The lowest BCUT2D eigenvalue weighted by Crippen LogP contribution is -2.41. The van der Waals surface area contributed by atoms with Crippen LogP contribution in [0.25, 0.3) is 0 Å². The Kier molecular flexibility index (Phi) is 5.05. The van der Waals surface area contributed by atoms with Crippen molar-refractivity contribution in [1.29, 1.82) is 0 Å². The summed E-state index contributed by atoms with van der Waals surface area (Å²) in [6, 6.07) is 4.16. The Morgan fingerprint density at radius 2 is 2.05 bits per heavy atom. The fourth-order valence-corrected chi connectivity index (χ4v) is 2.95. The summed E-state index contributed by atoms with van der Waals surface area (Å²) in [5, 5.41) is 12.3. The number of benzene rings is 1. The summed E-state index contributed by atoms with van der Waals surface area (Å²) >= 11 is 4.11. The second-order valence-corrected chi connectivity index (χ2v) is 6.08. The molecule has 0 aromatic heterocycles. The molecule has 1 fully saturated rings. The van der Waals surface area contributed by atoms with Gasteiger partial charge in [0.25, 0.3) is 5.91 Å². The molecule has 0 unspecified atom stereocenters. The second kappa shape index (κ2) is 6.59. The Balaban J connectivity index is 2.02. The maximum atomic E-state index is 13.6. The van der Waals surface area contributed by atoms with Crippen molar-refractivity contribution >= 4 is 18.5 Å². The van der Waals surface area contributed by atoms with E-state index in [1.165, 1.54) is 24.6 Å². The van der Waals surface area contributed by atoms with Gasteiger partial charge in [-0.1, -0.05) is 19.3 Å². The topological polar surface area (TPSA) is 49.3 Å². The molecule has 0 atom stereocenters. The highest BCUT2D eigenvalue weighted by atomic mass is 32.1. The smallest absolute Gasteiger partial charge is 0.254 e. The monoisotopic (exact) mass is 297 g/mol. The van der Waals surface area contributed by atoms with Gasteiger partial charge in [-0.2, -0.15) is 0 Å². The van der Waals surface area contributed by atoms with Crippen molar-refractivity contribution < 1.29 is 14.3 Å². The molecule has 2 N–H and O–H groups in total. The van der Waals surface area contributed by atoms with E-state index >= 15 is 0 Å². The predicted molar refractivity (Wildman–Crippen MR) is 78.6 cm³/mol. The van der Waals surface area contributed by atoms with E-state index in [9.17, 15) is 14.3 Å². The van der Waals surface area contributed by atoms with Crippen molar-refractivity contribution in [2.45, 2.75) is 37.0 Å². The zero-order valence-electron chi connectivity index (χ0n) is 11.4. The molecule has 2 rings (SSSR count). The molecule has 1 aliphatic carbocycles. The molecule has 1 aromatic rings. The highest BCUT2D eigenvalue weighted by Gasteiger charge is 2.32. The summed E-state index contributed by atoms with van der Waals surface area (Å²) in [7, 11) is 0. The third-order valence-corrected chi connectivity index (χ3v) is 4.35. The molecular formula is C15H20FNO2S. The number of halogens is 1. The average Bonchev–Trinajstić information content (AvgIpc) is 2.48. The fourth-order valence-electron chi connectivity index (χ4n) is 2.74. The van der Waals surface area contributed by atoms with Crippen LogP contribution in [-0.2, 0) is 0 Å². The van der Waals surface area contributed by atoms with Gasteiger partial charge in [-0.05, 0) is 31.0 Å². The molecular weight excluding hydrogens is 277 g/mol. The Morgan fingerprint density at radius 1 is 1.35 bits per heavy atom. The number of hydrogen-bond donors (Lipinski definition) is 3. The van der Waals surface area contributed by atoms with E-state index in [-0.39, 0.29) is 17.6 Å². The molecule has 1 amide bonds. The first-order valence-corrected chi connectivity index (χ1v) is 7.39. The molecule has 1 aliphatic rings. The third kappa shape index (κ3) is 3.52. The van der Waals surface area contributed by atoms with Gasteiger partial charge in [0.05, 0.1) is 12.2 Å². The quantitative estimate of drug-likeness (QED) is 0.749. The molecule has 5 heteroatoms. The number of aliphatic hydroxyl groups excluding tert-OH is 1. The van der Waals surface area contributed by atoms with E-state index < -0.39 is 11.7 Å². The summed E-state index contributed by atoms with van der Waals surface area (Å²) in [5.41, 5.74) is -0.246.